The summed E-state index contributed by atoms with van der Waals surface area (Å²) >= 11 is 0. The summed E-state index contributed by atoms with van der Waals surface area (Å²) < 4.78 is 15.7. The summed E-state index contributed by atoms with van der Waals surface area (Å²) in [6.45, 7) is 3.43. The van der Waals surface area contributed by atoms with Crippen LogP contribution in [-0.4, -0.2) is 57.6 Å². The Kier molecular flexibility index (Phi) is 5.85. The number of ether oxygens (including phenoxy) is 3. The van der Waals surface area contributed by atoms with E-state index < -0.39 is 6.10 Å². The molecule has 5 heteroatoms. The number of likely N-dealkylation sites (tertiary alicyclic amines) is 1. The molecule has 0 spiro atoms. The van der Waals surface area contributed by atoms with Crippen LogP contribution in [0.5, 0.6) is 11.5 Å². The van der Waals surface area contributed by atoms with Crippen molar-refractivity contribution in [3.05, 3.63) is 23.8 Å². The number of aliphatic hydroxyl groups is 1. The highest BCUT2D eigenvalue weighted by molar-refractivity contribution is 5.43. The van der Waals surface area contributed by atoms with E-state index >= 15 is 0 Å². The summed E-state index contributed by atoms with van der Waals surface area (Å²) in [6, 6.07) is 5.55. The first-order chi connectivity index (χ1) is 10.2. The molecule has 118 valence electrons. The second-order valence-electron chi connectivity index (χ2n) is 5.50. The third kappa shape index (κ3) is 4.09. The highest BCUT2D eigenvalue weighted by Crippen LogP contribution is 2.30. The zero-order valence-corrected chi connectivity index (χ0v) is 13.0. The molecule has 0 bridgehead atoms. The third-order valence-electron chi connectivity index (χ3n) is 4.00. The predicted octanol–water partition coefficient (Wildman–Crippen LogP) is 1.71. The van der Waals surface area contributed by atoms with Gasteiger partial charge < -0.3 is 24.2 Å². The van der Waals surface area contributed by atoms with Crippen LogP contribution < -0.4 is 9.47 Å². The van der Waals surface area contributed by atoms with Crippen molar-refractivity contribution in [1.82, 2.24) is 4.90 Å². The molecule has 0 saturated carbocycles. The lowest BCUT2D eigenvalue weighted by Gasteiger charge is -2.21. The first kappa shape index (κ1) is 16.1. The van der Waals surface area contributed by atoms with Gasteiger partial charge in [0, 0.05) is 20.2 Å². The topological polar surface area (TPSA) is 51.2 Å². The second kappa shape index (κ2) is 7.64. The highest BCUT2D eigenvalue weighted by Gasteiger charge is 2.24. The lowest BCUT2D eigenvalue weighted by molar-refractivity contribution is 0.115. The molecular weight excluding hydrogens is 270 g/mol. The maximum Gasteiger partial charge on any atom is 0.161 e. The minimum Gasteiger partial charge on any atom is -0.493 e. The van der Waals surface area contributed by atoms with Crippen LogP contribution in [0.2, 0.25) is 0 Å². The minimum atomic E-state index is -0.522. The lowest BCUT2D eigenvalue weighted by Crippen LogP contribution is -2.27. The molecule has 0 aliphatic carbocycles. The zero-order chi connectivity index (χ0) is 15.2. The molecule has 2 unspecified atom stereocenters. The van der Waals surface area contributed by atoms with E-state index in [9.17, 15) is 5.11 Å². The van der Waals surface area contributed by atoms with Crippen LogP contribution in [0.15, 0.2) is 18.2 Å². The van der Waals surface area contributed by atoms with Crippen LogP contribution in [-0.2, 0) is 4.74 Å². The highest BCUT2D eigenvalue weighted by atomic mass is 16.5. The molecule has 1 aromatic rings. The average Bonchev–Trinajstić information content (AvgIpc) is 2.94. The van der Waals surface area contributed by atoms with Crippen molar-refractivity contribution in [1.29, 1.82) is 0 Å². The van der Waals surface area contributed by atoms with Crippen molar-refractivity contribution in [3.8, 4) is 11.5 Å². The summed E-state index contributed by atoms with van der Waals surface area (Å²) in [5, 5.41) is 10.4. The van der Waals surface area contributed by atoms with Gasteiger partial charge in [0.1, 0.15) is 0 Å². The molecule has 21 heavy (non-hydrogen) atoms. The summed E-state index contributed by atoms with van der Waals surface area (Å²) in [5.74, 6) is 1.90. The van der Waals surface area contributed by atoms with E-state index in [0.717, 1.165) is 31.7 Å². The van der Waals surface area contributed by atoms with Crippen molar-refractivity contribution in [2.75, 3.05) is 47.6 Å². The molecule has 1 aliphatic rings. The van der Waals surface area contributed by atoms with E-state index in [1.54, 1.807) is 21.3 Å². The molecule has 0 radical (unpaired) electrons. The first-order valence-electron chi connectivity index (χ1n) is 7.29. The normalized spacial score (nSPS) is 20.5. The number of β-amino-alcohol motifs (C(OH)–C–C–N with tert-alkyl or cyclic N) is 1. The van der Waals surface area contributed by atoms with Crippen molar-refractivity contribution < 1.29 is 19.3 Å². The van der Waals surface area contributed by atoms with Crippen molar-refractivity contribution in [3.63, 3.8) is 0 Å². The smallest absolute Gasteiger partial charge is 0.161 e. The average molecular weight is 295 g/mol. The van der Waals surface area contributed by atoms with Gasteiger partial charge in [-0.1, -0.05) is 6.07 Å². The summed E-state index contributed by atoms with van der Waals surface area (Å²) in [6.07, 6.45) is 0.609. The van der Waals surface area contributed by atoms with Gasteiger partial charge in [-0.15, -0.1) is 0 Å². The molecular formula is C16H25NO4. The Bertz CT molecular complexity index is 452. The molecule has 1 heterocycles. The molecule has 1 saturated heterocycles. The lowest BCUT2D eigenvalue weighted by atomic mass is 10.1. The molecule has 0 aromatic heterocycles. The van der Waals surface area contributed by atoms with E-state index in [1.807, 2.05) is 18.2 Å². The van der Waals surface area contributed by atoms with Crippen LogP contribution in [0.1, 0.15) is 18.1 Å². The van der Waals surface area contributed by atoms with Gasteiger partial charge in [-0.3, -0.25) is 0 Å². The Labute approximate surface area is 126 Å². The standard InChI is InChI=1S/C16H25NO4/c1-19-11-12-6-7-17(9-12)10-14(18)13-4-5-15(20-2)16(8-13)21-3/h4-5,8,12,14,18H,6-7,9-11H2,1-3H3. The molecule has 1 aliphatic heterocycles. The number of benzene rings is 1. The summed E-state index contributed by atoms with van der Waals surface area (Å²) in [4.78, 5) is 2.28. The number of methoxy groups -OCH3 is 3. The van der Waals surface area contributed by atoms with Crippen LogP contribution in [0.4, 0.5) is 0 Å². The van der Waals surface area contributed by atoms with E-state index in [2.05, 4.69) is 4.90 Å². The maximum absolute atomic E-state index is 10.4. The van der Waals surface area contributed by atoms with E-state index in [-0.39, 0.29) is 0 Å². The molecule has 0 amide bonds. The van der Waals surface area contributed by atoms with Crippen LogP contribution in [0, 0.1) is 5.92 Å². The van der Waals surface area contributed by atoms with E-state index in [0.29, 0.717) is 24.0 Å². The minimum absolute atomic E-state index is 0.522. The van der Waals surface area contributed by atoms with E-state index in [1.165, 1.54) is 0 Å². The van der Waals surface area contributed by atoms with Gasteiger partial charge in [0.05, 0.1) is 26.9 Å². The SMILES string of the molecule is COCC1CCN(CC(O)c2ccc(OC)c(OC)c2)C1. The van der Waals surface area contributed by atoms with E-state index in [4.69, 9.17) is 14.2 Å². The predicted molar refractivity (Wildman–Crippen MR) is 80.9 cm³/mol. The van der Waals surface area contributed by atoms with Gasteiger partial charge in [-0.05, 0) is 36.6 Å². The molecule has 1 N–H and O–H groups in total. The second-order valence-corrected chi connectivity index (χ2v) is 5.50. The third-order valence-corrected chi connectivity index (χ3v) is 4.00. The molecule has 2 rings (SSSR count). The Hall–Kier alpha value is -1.30. The monoisotopic (exact) mass is 295 g/mol. The van der Waals surface area contributed by atoms with Crippen LogP contribution in [0.25, 0.3) is 0 Å². The molecule has 5 nitrogen and oxygen atoms in total. The Morgan fingerprint density at radius 1 is 1.24 bits per heavy atom. The summed E-state index contributed by atoms with van der Waals surface area (Å²) in [5.41, 5.74) is 0.850. The quantitative estimate of drug-likeness (QED) is 0.830. The number of rotatable bonds is 7. The van der Waals surface area contributed by atoms with Gasteiger partial charge >= 0.3 is 0 Å². The van der Waals surface area contributed by atoms with Gasteiger partial charge in [0.25, 0.3) is 0 Å². The van der Waals surface area contributed by atoms with Crippen molar-refractivity contribution in [2.45, 2.75) is 12.5 Å². The Balaban J connectivity index is 1.96. The van der Waals surface area contributed by atoms with Gasteiger partial charge in [0.15, 0.2) is 11.5 Å². The van der Waals surface area contributed by atoms with Gasteiger partial charge in [-0.2, -0.15) is 0 Å². The number of hydrogen-bond donors (Lipinski definition) is 1. The number of hydrogen-bond acceptors (Lipinski definition) is 5. The first-order valence-corrected chi connectivity index (χ1v) is 7.29. The maximum atomic E-state index is 10.4. The number of aliphatic hydroxyl groups excluding tert-OH is 1. The Morgan fingerprint density at radius 3 is 2.67 bits per heavy atom. The number of nitrogens with zero attached hydrogens (tertiary/aromatic N) is 1. The van der Waals surface area contributed by atoms with Crippen LogP contribution in [0.3, 0.4) is 0 Å². The van der Waals surface area contributed by atoms with Crippen molar-refractivity contribution in [2.24, 2.45) is 5.92 Å². The van der Waals surface area contributed by atoms with Gasteiger partial charge in [-0.25, -0.2) is 0 Å². The largest absolute Gasteiger partial charge is 0.493 e. The van der Waals surface area contributed by atoms with Gasteiger partial charge in [0.2, 0.25) is 0 Å². The van der Waals surface area contributed by atoms with Crippen LogP contribution >= 0.6 is 0 Å². The molecule has 2 atom stereocenters. The van der Waals surface area contributed by atoms with Crippen molar-refractivity contribution >= 4 is 0 Å². The zero-order valence-electron chi connectivity index (χ0n) is 13.0. The fourth-order valence-corrected chi connectivity index (χ4v) is 2.86. The Morgan fingerprint density at radius 2 is 2.00 bits per heavy atom. The summed E-state index contributed by atoms with van der Waals surface area (Å²) in [7, 11) is 4.94. The fraction of sp³-hybridized carbons (Fsp3) is 0.625. The molecule has 1 fully saturated rings. The molecule has 1 aromatic carbocycles. The fourth-order valence-electron chi connectivity index (χ4n) is 2.86.